The number of benzene rings is 1. The SMILES string of the molecule is CCCCOc1cccc(OCCOC)c1. The van der Waals surface area contributed by atoms with Gasteiger partial charge in [0.2, 0.25) is 0 Å². The van der Waals surface area contributed by atoms with E-state index in [2.05, 4.69) is 6.92 Å². The van der Waals surface area contributed by atoms with Crippen LogP contribution in [0.2, 0.25) is 0 Å². The Morgan fingerprint density at radius 1 is 1.00 bits per heavy atom. The van der Waals surface area contributed by atoms with Gasteiger partial charge in [-0.25, -0.2) is 0 Å². The largest absolute Gasteiger partial charge is 0.493 e. The third-order valence-electron chi connectivity index (χ3n) is 2.13. The van der Waals surface area contributed by atoms with Crippen molar-refractivity contribution in [3.05, 3.63) is 24.3 Å². The van der Waals surface area contributed by atoms with Gasteiger partial charge in [-0.15, -0.1) is 0 Å². The van der Waals surface area contributed by atoms with Crippen LogP contribution in [-0.2, 0) is 4.74 Å². The molecule has 0 aliphatic carbocycles. The van der Waals surface area contributed by atoms with E-state index >= 15 is 0 Å². The summed E-state index contributed by atoms with van der Waals surface area (Å²) in [6.07, 6.45) is 2.22. The van der Waals surface area contributed by atoms with Crippen molar-refractivity contribution >= 4 is 0 Å². The van der Waals surface area contributed by atoms with Crippen molar-refractivity contribution in [1.82, 2.24) is 0 Å². The van der Waals surface area contributed by atoms with Crippen LogP contribution in [0.4, 0.5) is 0 Å². The van der Waals surface area contributed by atoms with E-state index in [1.165, 1.54) is 0 Å². The molecule has 0 heterocycles. The average Bonchev–Trinajstić information content (AvgIpc) is 2.30. The molecule has 0 fully saturated rings. The minimum absolute atomic E-state index is 0.564. The van der Waals surface area contributed by atoms with Gasteiger partial charge in [0.15, 0.2) is 0 Å². The second-order valence-electron chi connectivity index (χ2n) is 3.52. The Kier molecular flexibility index (Phi) is 6.42. The lowest BCUT2D eigenvalue weighted by Gasteiger charge is -2.08. The predicted molar refractivity (Wildman–Crippen MR) is 64.2 cm³/mol. The van der Waals surface area contributed by atoms with Gasteiger partial charge in [0.25, 0.3) is 0 Å². The zero-order chi connectivity index (χ0) is 11.6. The average molecular weight is 224 g/mol. The summed E-state index contributed by atoms with van der Waals surface area (Å²) >= 11 is 0. The van der Waals surface area contributed by atoms with E-state index in [-0.39, 0.29) is 0 Å². The molecule has 0 bridgehead atoms. The van der Waals surface area contributed by atoms with Crippen molar-refractivity contribution in [2.45, 2.75) is 19.8 Å². The van der Waals surface area contributed by atoms with E-state index in [1.54, 1.807) is 7.11 Å². The van der Waals surface area contributed by atoms with Gasteiger partial charge in [-0.1, -0.05) is 19.4 Å². The fourth-order valence-electron chi connectivity index (χ4n) is 1.23. The third kappa shape index (κ3) is 5.03. The van der Waals surface area contributed by atoms with Crippen LogP contribution in [-0.4, -0.2) is 26.9 Å². The van der Waals surface area contributed by atoms with Crippen molar-refractivity contribution in [3.8, 4) is 11.5 Å². The fourth-order valence-corrected chi connectivity index (χ4v) is 1.23. The first-order valence-corrected chi connectivity index (χ1v) is 5.71. The monoisotopic (exact) mass is 224 g/mol. The van der Waals surface area contributed by atoms with Crippen LogP contribution < -0.4 is 9.47 Å². The molecule has 0 atom stereocenters. The quantitative estimate of drug-likeness (QED) is 0.635. The first-order chi connectivity index (χ1) is 7.86. The number of unbranched alkanes of at least 4 members (excludes halogenated alkanes) is 1. The molecule has 1 rings (SSSR count). The summed E-state index contributed by atoms with van der Waals surface area (Å²) in [6.45, 7) is 4.07. The maximum Gasteiger partial charge on any atom is 0.123 e. The molecule has 0 radical (unpaired) electrons. The third-order valence-corrected chi connectivity index (χ3v) is 2.13. The van der Waals surface area contributed by atoms with E-state index in [0.717, 1.165) is 30.9 Å². The van der Waals surface area contributed by atoms with Gasteiger partial charge < -0.3 is 14.2 Å². The van der Waals surface area contributed by atoms with Gasteiger partial charge in [0.1, 0.15) is 18.1 Å². The molecule has 3 nitrogen and oxygen atoms in total. The highest BCUT2D eigenvalue weighted by Gasteiger charge is 1.97. The molecule has 0 spiro atoms. The van der Waals surface area contributed by atoms with Crippen LogP contribution in [0.3, 0.4) is 0 Å². The Labute approximate surface area is 97.3 Å². The highest BCUT2D eigenvalue weighted by Crippen LogP contribution is 2.19. The standard InChI is InChI=1S/C13H20O3/c1-3-4-8-15-12-6-5-7-13(11-12)16-10-9-14-2/h5-7,11H,3-4,8-10H2,1-2H3. The highest BCUT2D eigenvalue weighted by atomic mass is 16.5. The van der Waals surface area contributed by atoms with Crippen LogP contribution in [0, 0.1) is 0 Å². The summed E-state index contributed by atoms with van der Waals surface area (Å²) in [6, 6.07) is 7.70. The molecular formula is C13H20O3. The summed E-state index contributed by atoms with van der Waals surface area (Å²) < 4.78 is 16.0. The van der Waals surface area contributed by atoms with E-state index in [1.807, 2.05) is 24.3 Å². The molecule has 0 amide bonds. The molecular weight excluding hydrogens is 204 g/mol. The second-order valence-corrected chi connectivity index (χ2v) is 3.52. The Balaban J connectivity index is 2.37. The highest BCUT2D eigenvalue weighted by molar-refractivity contribution is 5.32. The molecule has 16 heavy (non-hydrogen) atoms. The number of ether oxygens (including phenoxy) is 3. The van der Waals surface area contributed by atoms with E-state index in [4.69, 9.17) is 14.2 Å². The van der Waals surface area contributed by atoms with Crippen LogP contribution in [0.5, 0.6) is 11.5 Å². The molecule has 3 heteroatoms. The van der Waals surface area contributed by atoms with Crippen molar-refractivity contribution < 1.29 is 14.2 Å². The van der Waals surface area contributed by atoms with E-state index in [0.29, 0.717) is 13.2 Å². The molecule has 1 aromatic rings. The summed E-state index contributed by atoms with van der Waals surface area (Å²) in [5.41, 5.74) is 0. The van der Waals surface area contributed by atoms with Gasteiger partial charge in [-0.05, 0) is 18.6 Å². The zero-order valence-corrected chi connectivity index (χ0v) is 10.1. The summed E-state index contributed by atoms with van der Waals surface area (Å²) in [4.78, 5) is 0. The molecule has 1 aromatic carbocycles. The Morgan fingerprint density at radius 3 is 2.31 bits per heavy atom. The second kappa shape index (κ2) is 7.99. The molecule has 0 saturated carbocycles. The van der Waals surface area contributed by atoms with Crippen molar-refractivity contribution in [2.24, 2.45) is 0 Å². The molecule has 90 valence electrons. The summed E-state index contributed by atoms with van der Waals surface area (Å²) in [5, 5.41) is 0. The van der Waals surface area contributed by atoms with Gasteiger partial charge in [0, 0.05) is 13.2 Å². The first-order valence-electron chi connectivity index (χ1n) is 5.71. The van der Waals surface area contributed by atoms with Gasteiger partial charge in [-0.3, -0.25) is 0 Å². The predicted octanol–water partition coefficient (Wildman–Crippen LogP) is 2.89. The van der Waals surface area contributed by atoms with Crippen LogP contribution in [0.1, 0.15) is 19.8 Å². The first kappa shape index (κ1) is 12.8. The molecule has 0 saturated heterocycles. The molecule has 0 aromatic heterocycles. The van der Waals surface area contributed by atoms with Gasteiger partial charge >= 0.3 is 0 Å². The zero-order valence-electron chi connectivity index (χ0n) is 10.1. The molecule has 0 aliphatic heterocycles. The van der Waals surface area contributed by atoms with Crippen LogP contribution in [0.25, 0.3) is 0 Å². The van der Waals surface area contributed by atoms with E-state index < -0.39 is 0 Å². The topological polar surface area (TPSA) is 27.7 Å². The number of hydrogen-bond donors (Lipinski definition) is 0. The van der Waals surface area contributed by atoms with Crippen LogP contribution >= 0.6 is 0 Å². The maximum absolute atomic E-state index is 5.58. The van der Waals surface area contributed by atoms with Crippen LogP contribution in [0.15, 0.2) is 24.3 Å². The minimum atomic E-state index is 0.564. The minimum Gasteiger partial charge on any atom is -0.493 e. The van der Waals surface area contributed by atoms with Gasteiger partial charge in [-0.2, -0.15) is 0 Å². The Hall–Kier alpha value is -1.22. The molecule has 0 aliphatic rings. The normalized spacial score (nSPS) is 10.1. The molecule has 0 N–H and O–H groups in total. The lowest BCUT2D eigenvalue weighted by Crippen LogP contribution is -2.04. The van der Waals surface area contributed by atoms with Crippen molar-refractivity contribution in [1.29, 1.82) is 0 Å². The number of methoxy groups -OCH3 is 1. The maximum atomic E-state index is 5.58. The lowest BCUT2D eigenvalue weighted by atomic mass is 10.3. The molecule has 0 unspecified atom stereocenters. The Bertz CT molecular complexity index is 261. The number of rotatable bonds is 8. The lowest BCUT2D eigenvalue weighted by molar-refractivity contribution is 0.146. The summed E-state index contributed by atoms with van der Waals surface area (Å²) in [5.74, 6) is 1.69. The number of hydrogen-bond acceptors (Lipinski definition) is 3. The van der Waals surface area contributed by atoms with Crippen molar-refractivity contribution in [3.63, 3.8) is 0 Å². The van der Waals surface area contributed by atoms with Gasteiger partial charge in [0.05, 0.1) is 13.2 Å². The fraction of sp³-hybridized carbons (Fsp3) is 0.538. The van der Waals surface area contributed by atoms with Crippen molar-refractivity contribution in [2.75, 3.05) is 26.9 Å². The summed E-state index contributed by atoms with van der Waals surface area (Å²) in [7, 11) is 1.66. The van der Waals surface area contributed by atoms with E-state index in [9.17, 15) is 0 Å². The smallest absolute Gasteiger partial charge is 0.123 e. The Morgan fingerprint density at radius 2 is 1.69 bits per heavy atom.